The molecule has 3 N–H and O–H groups in total. The molecule has 0 saturated carbocycles. The van der Waals surface area contributed by atoms with Gasteiger partial charge in [-0.15, -0.1) is 0 Å². The molecule has 0 fully saturated rings. The Morgan fingerprint density at radius 1 is 1.18 bits per heavy atom. The molecule has 13 heteroatoms. The van der Waals surface area contributed by atoms with Gasteiger partial charge >= 0.3 is 12.0 Å². The number of amides is 3. The minimum Gasteiger partial charge on any atom is -0.493 e. The number of benzene rings is 2. The zero-order chi connectivity index (χ0) is 28.4. The van der Waals surface area contributed by atoms with Crippen molar-refractivity contribution in [3.63, 3.8) is 0 Å². The van der Waals surface area contributed by atoms with Crippen LogP contribution in [0.15, 0.2) is 52.8 Å². The second kappa shape index (κ2) is 13.7. The van der Waals surface area contributed by atoms with Crippen molar-refractivity contribution in [1.82, 2.24) is 16.1 Å². The summed E-state index contributed by atoms with van der Waals surface area (Å²) < 4.78 is 21.5. The fourth-order valence-corrected chi connectivity index (χ4v) is 3.80. The predicted octanol–water partition coefficient (Wildman–Crippen LogP) is 2.97. The van der Waals surface area contributed by atoms with Crippen molar-refractivity contribution in [2.24, 2.45) is 5.10 Å². The van der Waals surface area contributed by atoms with Gasteiger partial charge < -0.3 is 29.6 Å². The van der Waals surface area contributed by atoms with Crippen LogP contribution in [-0.4, -0.2) is 51.1 Å². The third-order valence-electron chi connectivity index (χ3n) is 5.30. The van der Waals surface area contributed by atoms with Crippen molar-refractivity contribution in [2.75, 3.05) is 26.9 Å². The molecule has 1 aliphatic rings. The summed E-state index contributed by atoms with van der Waals surface area (Å²) in [4.78, 5) is 36.9. The number of hydrogen-bond donors (Lipinski definition) is 3. The second-order valence-electron chi connectivity index (χ2n) is 7.91. The summed E-state index contributed by atoms with van der Waals surface area (Å²) in [5.41, 5.74) is 3.97. The van der Waals surface area contributed by atoms with Gasteiger partial charge in [-0.2, -0.15) is 10.4 Å². The molecular weight excluding hydrogens is 530 g/mol. The van der Waals surface area contributed by atoms with Gasteiger partial charge in [0.25, 0.3) is 5.91 Å². The normalized spacial score (nSPS) is 14.6. The van der Waals surface area contributed by atoms with E-state index in [9.17, 15) is 14.4 Å². The number of hydrogen-bond acceptors (Lipinski definition) is 9. The summed E-state index contributed by atoms with van der Waals surface area (Å²) in [6, 6.07) is 10.2. The van der Waals surface area contributed by atoms with Crippen molar-refractivity contribution in [3.8, 4) is 23.3 Å². The van der Waals surface area contributed by atoms with Crippen LogP contribution in [0.5, 0.6) is 17.2 Å². The third-order valence-corrected chi connectivity index (χ3v) is 5.54. The molecule has 3 rings (SSSR count). The van der Waals surface area contributed by atoms with Crippen molar-refractivity contribution in [1.29, 1.82) is 5.26 Å². The van der Waals surface area contributed by atoms with E-state index in [2.05, 4.69) is 21.2 Å². The van der Waals surface area contributed by atoms with Crippen LogP contribution in [0.3, 0.4) is 0 Å². The number of nitrogens with zero attached hydrogens (tertiary/aromatic N) is 2. The topological polar surface area (TPSA) is 160 Å². The van der Waals surface area contributed by atoms with Crippen LogP contribution in [0.1, 0.15) is 31.0 Å². The van der Waals surface area contributed by atoms with E-state index in [0.717, 1.165) is 0 Å². The largest absolute Gasteiger partial charge is 0.493 e. The molecule has 1 aliphatic heterocycles. The maximum Gasteiger partial charge on any atom is 0.338 e. The molecule has 12 nitrogen and oxygen atoms in total. The highest BCUT2D eigenvalue weighted by molar-refractivity contribution is 6.30. The van der Waals surface area contributed by atoms with Gasteiger partial charge in [0.15, 0.2) is 24.7 Å². The van der Waals surface area contributed by atoms with Gasteiger partial charge in [-0.05, 0) is 49.7 Å². The number of urea groups is 1. The van der Waals surface area contributed by atoms with E-state index in [0.29, 0.717) is 27.6 Å². The smallest absolute Gasteiger partial charge is 0.338 e. The Labute approximate surface area is 229 Å². The van der Waals surface area contributed by atoms with Gasteiger partial charge in [-0.3, -0.25) is 4.79 Å². The highest BCUT2D eigenvalue weighted by Gasteiger charge is 2.32. The molecule has 2 aromatic carbocycles. The Hall–Kier alpha value is -4.76. The van der Waals surface area contributed by atoms with Crippen LogP contribution < -0.4 is 30.3 Å². The van der Waals surface area contributed by atoms with Crippen molar-refractivity contribution in [3.05, 3.63) is 63.8 Å². The minimum atomic E-state index is -0.785. The molecule has 0 radical (unpaired) electrons. The number of methoxy groups -OCH3 is 1. The zero-order valence-corrected chi connectivity index (χ0v) is 22.1. The first-order chi connectivity index (χ1) is 18.8. The maximum atomic E-state index is 12.5. The average Bonchev–Trinajstić information content (AvgIpc) is 2.91. The van der Waals surface area contributed by atoms with Crippen LogP contribution >= 0.6 is 11.6 Å². The van der Waals surface area contributed by atoms with E-state index >= 15 is 0 Å². The van der Waals surface area contributed by atoms with Crippen molar-refractivity contribution >= 4 is 35.7 Å². The average molecular weight is 556 g/mol. The number of carbonyl (C=O) groups excluding carboxylic acids is 3. The number of carbonyl (C=O) groups is 3. The van der Waals surface area contributed by atoms with E-state index in [-0.39, 0.29) is 30.3 Å². The number of rotatable bonds is 11. The second-order valence-corrected chi connectivity index (χ2v) is 8.35. The third kappa shape index (κ3) is 7.62. The minimum absolute atomic E-state index is 0.159. The van der Waals surface area contributed by atoms with Gasteiger partial charge in [0.1, 0.15) is 11.8 Å². The lowest BCUT2D eigenvalue weighted by atomic mass is 9.95. The van der Waals surface area contributed by atoms with E-state index < -0.39 is 30.6 Å². The molecule has 0 bridgehead atoms. The van der Waals surface area contributed by atoms with Crippen LogP contribution in [0, 0.1) is 11.3 Å². The van der Waals surface area contributed by atoms with Crippen LogP contribution in [0.2, 0.25) is 5.02 Å². The van der Waals surface area contributed by atoms with Gasteiger partial charge in [0.05, 0.1) is 31.5 Å². The monoisotopic (exact) mass is 555 g/mol. The van der Waals surface area contributed by atoms with Gasteiger partial charge in [0.2, 0.25) is 0 Å². The number of nitriles is 1. The molecule has 0 unspecified atom stereocenters. The number of nitrogens with one attached hydrogen (secondary N) is 3. The van der Waals surface area contributed by atoms with E-state index in [1.807, 2.05) is 6.07 Å². The van der Waals surface area contributed by atoms with E-state index in [1.54, 1.807) is 50.2 Å². The predicted molar refractivity (Wildman–Crippen MR) is 141 cm³/mol. The number of esters is 1. The molecule has 3 amide bonds. The van der Waals surface area contributed by atoms with Crippen molar-refractivity contribution in [2.45, 2.75) is 19.9 Å². The summed E-state index contributed by atoms with van der Waals surface area (Å²) in [5, 5.41) is 18.3. The van der Waals surface area contributed by atoms with E-state index in [1.165, 1.54) is 13.3 Å². The lowest BCUT2D eigenvalue weighted by Crippen LogP contribution is -2.45. The summed E-state index contributed by atoms with van der Waals surface area (Å²) in [5.74, 6) is -0.226. The summed E-state index contributed by atoms with van der Waals surface area (Å²) in [7, 11) is 1.42. The molecule has 0 aliphatic carbocycles. The number of hydrazone groups is 1. The van der Waals surface area contributed by atoms with Gasteiger partial charge in [-0.25, -0.2) is 15.0 Å². The quantitative estimate of drug-likeness (QED) is 0.217. The van der Waals surface area contributed by atoms with Crippen LogP contribution in [0.4, 0.5) is 4.79 Å². The molecule has 0 saturated heterocycles. The van der Waals surface area contributed by atoms with E-state index in [4.69, 9.17) is 35.8 Å². The summed E-state index contributed by atoms with van der Waals surface area (Å²) in [6.07, 6.45) is 1.33. The molecule has 1 atom stereocenters. The van der Waals surface area contributed by atoms with Crippen LogP contribution in [0.25, 0.3) is 0 Å². The summed E-state index contributed by atoms with van der Waals surface area (Å²) in [6.45, 7) is 2.92. The fraction of sp³-hybridized carbons (Fsp3) is 0.269. The molecule has 204 valence electrons. The molecular formula is C26H26ClN5O7. The Kier molecular flexibility index (Phi) is 10.1. The molecule has 1 heterocycles. The first-order valence-electron chi connectivity index (χ1n) is 11.6. The van der Waals surface area contributed by atoms with Gasteiger partial charge in [-0.1, -0.05) is 17.7 Å². The lowest BCUT2D eigenvalue weighted by Gasteiger charge is -2.28. The fourth-order valence-electron chi connectivity index (χ4n) is 3.62. The zero-order valence-electron chi connectivity index (χ0n) is 21.4. The SMILES string of the molecule is CCOC(=O)C1=C(C)NC(=O)N[C@@H]1c1ccc(OCC(=O)N/N=C/c2cc(Cl)ccc2OCC#N)c(OC)c1. The summed E-state index contributed by atoms with van der Waals surface area (Å²) >= 11 is 6.00. The first-order valence-corrected chi connectivity index (χ1v) is 12.0. The standard InChI is InChI=1S/C26H26ClN5O7/c1-4-37-25(34)23-15(2)30-26(35)31-24(23)16-5-7-20(21(12-16)36-3)39-14-22(33)32-29-13-17-11-18(27)6-8-19(17)38-10-9-28/h5-8,11-13,24H,4,10,14H2,1-3H3,(H,32,33)(H2,30,31,35)/b29-13+/t24-/m1/s1. The number of allylic oxidation sites excluding steroid dienone is 1. The highest BCUT2D eigenvalue weighted by atomic mass is 35.5. The Morgan fingerprint density at radius 3 is 2.67 bits per heavy atom. The molecule has 0 spiro atoms. The van der Waals surface area contributed by atoms with Gasteiger partial charge in [0, 0.05) is 16.3 Å². The number of ether oxygens (including phenoxy) is 4. The Morgan fingerprint density at radius 2 is 1.95 bits per heavy atom. The molecule has 39 heavy (non-hydrogen) atoms. The Balaban J connectivity index is 1.68. The maximum absolute atomic E-state index is 12.5. The lowest BCUT2D eigenvalue weighted by molar-refractivity contribution is -0.139. The molecule has 2 aromatic rings. The van der Waals surface area contributed by atoms with Crippen molar-refractivity contribution < 1.29 is 33.3 Å². The first kappa shape index (κ1) is 28.8. The van der Waals surface area contributed by atoms with Crippen LogP contribution in [-0.2, 0) is 14.3 Å². The molecule has 0 aromatic heterocycles. The number of halogens is 1. The Bertz CT molecular complexity index is 1350. The highest BCUT2D eigenvalue weighted by Crippen LogP contribution is 2.34.